The van der Waals surface area contributed by atoms with Crippen molar-refractivity contribution in [1.29, 1.82) is 0 Å². The third-order valence-electron chi connectivity index (χ3n) is 9.60. The van der Waals surface area contributed by atoms with E-state index < -0.39 is 0 Å². The summed E-state index contributed by atoms with van der Waals surface area (Å²) in [6.07, 6.45) is 8.43. The molecule has 404 valence electrons. The molecule has 0 aliphatic carbocycles. The first-order valence-electron chi connectivity index (χ1n) is 25.2. The molecule has 2 aromatic heterocycles. The second kappa shape index (κ2) is 50.5. The first kappa shape index (κ1) is 62.7. The fourth-order valence-corrected chi connectivity index (χ4v) is 5.90. The average Bonchev–Trinajstić information content (AvgIpc) is 4.03. The lowest BCUT2D eigenvalue weighted by Gasteiger charge is -2.22. The van der Waals surface area contributed by atoms with Gasteiger partial charge in [-0.1, -0.05) is 37.1 Å². The summed E-state index contributed by atoms with van der Waals surface area (Å²) in [5.74, 6) is 0. The highest BCUT2D eigenvalue weighted by Crippen LogP contribution is 1.99. The second-order valence-corrected chi connectivity index (χ2v) is 15.5. The van der Waals surface area contributed by atoms with E-state index in [-0.39, 0.29) is 0 Å². The van der Waals surface area contributed by atoms with Crippen molar-refractivity contribution < 1.29 is 66.3 Å². The largest absolute Gasteiger partial charge is 0.380 e. The molecule has 23 heteroatoms. The zero-order chi connectivity index (χ0) is 49.0. The summed E-state index contributed by atoms with van der Waals surface area (Å²) in [6, 6.07) is 0. The van der Waals surface area contributed by atoms with Crippen molar-refractivity contribution in [2.24, 2.45) is 5.73 Å². The van der Waals surface area contributed by atoms with Gasteiger partial charge in [-0.25, -0.2) is 9.36 Å². The van der Waals surface area contributed by atoms with Crippen LogP contribution in [0.5, 0.6) is 0 Å². The van der Waals surface area contributed by atoms with Crippen LogP contribution in [0.15, 0.2) is 12.4 Å². The van der Waals surface area contributed by atoms with Gasteiger partial charge in [0, 0.05) is 39.3 Å². The third kappa shape index (κ3) is 41.9. The van der Waals surface area contributed by atoms with Gasteiger partial charge in [-0.15, -0.1) is 10.2 Å². The number of hydrogen-bond donors (Lipinski definition) is 2. The SMILES string of the molecule is CCCCCNCCOCCOCCOCCOCCN(CCOCCOCCOCCOCc1cn(CCOCCC)nn1)CCOCCOCCOCCOCc1cn(CCOCCN)nn1. The molecule has 3 N–H and O–H groups in total. The number of hydrogen-bond acceptors (Lipinski definition) is 21. The summed E-state index contributed by atoms with van der Waals surface area (Å²) in [6.45, 7) is 24.7. The van der Waals surface area contributed by atoms with Crippen molar-refractivity contribution in [3.8, 4) is 0 Å². The Morgan fingerprint density at radius 3 is 1.16 bits per heavy atom. The molecule has 0 radical (unpaired) electrons. The van der Waals surface area contributed by atoms with E-state index in [1.54, 1.807) is 9.36 Å². The van der Waals surface area contributed by atoms with Gasteiger partial charge in [0.05, 0.1) is 204 Å². The highest BCUT2D eigenvalue weighted by molar-refractivity contribution is 4.90. The fourth-order valence-electron chi connectivity index (χ4n) is 5.90. The summed E-state index contributed by atoms with van der Waals surface area (Å²) in [5, 5.41) is 19.8. The van der Waals surface area contributed by atoms with Gasteiger partial charge in [0.1, 0.15) is 11.4 Å². The molecule has 0 aliphatic heterocycles. The quantitative estimate of drug-likeness (QED) is 0.0889. The number of ether oxygens (including phenoxy) is 14. The summed E-state index contributed by atoms with van der Waals surface area (Å²) in [4.78, 5) is 2.26. The van der Waals surface area contributed by atoms with Gasteiger partial charge in [-0.3, -0.25) is 4.90 Å². The molecular weight excluding hydrogens is 903 g/mol. The van der Waals surface area contributed by atoms with Crippen molar-refractivity contribution in [3.05, 3.63) is 23.8 Å². The van der Waals surface area contributed by atoms with Gasteiger partial charge in [0.15, 0.2) is 0 Å². The molecule has 0 bridgehead atoms. The van der Waals surface area contributed by atoms with E-state index in [9.17, 15) is 0 Å². The fraction of sp³-hybridized carbons (Fsp3) is 0.913. The third-order valence-corrected chi connectivity index (χ3v) is 9.60. The maximum Gasteiger partial charge on any atom is 0.108 e. The van der Waals surface area contributed by atoms with E-state index in [0.717, 1.165) is 57.1 Å². The Morgan fingerprint density at radius 1 is 0.406 bits per heavy atom. The van der Waals surface area contributed by atoms with E-state index in [0.29, 0.717) is 198 Å². The Morgan fingerprint density at radius 2 is 0.768 bits per heavy atom. The molecule has 69 heavy (non-hydrogen) atoms. The van der Waals surface area contributed by atoms with Crippen LogP contribution in [0.2, 0.25) is 0 Å². The highest BCUT2D eigenvalue weighted by Gasteiger charge is 2.07. The van der Waals surface area contributed by atoms with Crippen LogP contribution in [0.1, 0.15) is 50.9 Å². The van der Waals surface area contributed by atoms with E-state index >= 15 is 0 Å². The molecule has 0 saturated heterocycles. The van der Waals surface area contributed by atoms with E-state index in [1.807, 2.05) is 12.4 Å². The summed E-state index contributed by atoms with van der Waals surface area (Å²) >= 11 is 0. The van der Waals surface area contributed by atoms with E-state index in [4.69, 9.17) is 72.0 Å². The first-order valence-corrected chi connectivity index (χ1v) is 25.2. The molecule has 2 aromatic rings. The maximum atomic E-state index is 5.87. The van der Waals surface area contributed by atoms with Crippen LogP contribution in [0, 0.1) is 0 Å². The Hall–Kier alpha value is -2.40. The van der Waals surface area contributed by atoms with Crippen LogP contribution >= 0.6 is 0 Å². The standard InChI is InChI=1S/C46H91N9O14/c1-3-5-6-8-48-9-17-58-23-27-62-31-32-63-28-24-59-18-10-53(11-19-60-25-29-64-33-35-66-37-39-68-43-45-41-54(51-49-45)13-21-56-15-4-2)12-20-61-26-30-65-34-36-67-38-40-69-44-46-42-55(52-50-46)14-22-57-16-7-47/h41-42,48H,3-40,43-44,47H2,1-2H3. The lowest BCUT2D eigenvalue weighted by atomic mass is 10.2. The molecule has 0 amide bonds. The minimum atomic E-state index is 0.369. The van der Waals surface area contributed by atoms with Crippen LogP contribution < -0.4 is 11.1 Å². The lowest BCUT2D eigenvalue weighted by Crippen LogP contribution is -2.34. The first-order chi connectivity index (χ1) is 34.2. The van der Waals surface area contributed by atoms with Crippen LogP contribution in [-0.2, 0) is 92.6 Å². The van der Waals surface area contributed by atoms with Gasteiger partial charge in [0.2, 0.25) is 0 Å². The molecule has 0 aromatic carbocycles. The molecular formula is C46H91N9O14. The van der Waals surface area contributed by atoms with Crippen LogP contribution in [0.3, 0.4) is 0 Å². The van der Waals surface area contributed by atoms with Gasteiger partial charge in [-0.05, 0) is 19.4 Å². The van der Waals surface area contributed by atoms with Crippen LogP contribution in [-0.4, -0.2) is 246 Å². The van der Waals surface area contributed by atoms with Crippen molar-refractivity contribution in [3.63, 3.8) is 0 Å². The van der Waals surface area contributed by atoms with Gasteiger partial charge in [-0.2, -0.15) is 0 Å². The molecule has 0 atom stereocenters. The maximum absolute atomic E-state index is 5.87. The Bertz CT molecular complexity index is 1250. The molecule has 2 rings (SSSR count). The number of nitrogens with two attached hydrogens (primary N) is 1. The summed E-state index contributed by atoms with van der Waals surface area (Å²) < 4.78 is 82.7. The van der Waals surface area contributed by atoms with Gasteiger partial charge < -0.3 is 77.4 Å². The van der Waals surface area contributed by atoms with Gasteiger partial charge >= 0.3 is 0 Å². The number of nitrogens with zero attached hydrogens (tertiary/aromatic N) is 7. The molecule has 0 spiro atoms. The van der Waals surface area contributed by atoms with Crippen LogP contribution in [0.25, 0.3) is 0 Å². The topological polar surface area (TPSA) is 232 Å². The monoisotopic (exact) mass is 994 g/mol. The number of aromatic nitrogens is 6. The average molecular weight is 994 g/mol. The number of nitrogens with one attached hydrogen (secondary N) is 1. The number of rotatable bonds is 57. The van der Waals surface area contributed by atoms with Crippen molar-refractivity contribution in [2.75, 3.05) is 211 Å². The van der Waals surface area contributed by atoms with Gasteiger partial charge in [0.25, 0.3) is 0 Å². The normalized spacial score (nSPS) is 11.8. The molecule has 0 unspecified atom stereocenters. The second-order valence-electron chi connectivity index (χ2n) is 15.5. The molecule has 0 fully saturated rings. The minimum absolute atomic E-state index is 0.369. The summed E-state index contributed by atoms with van der Waals surface area (Å²) in [7, 11) is 0. The predicted octanol–water partition coefficient (Wildman–Crippen LogP) is 1.25. The van der Waals surface area contributed by atoms with E-state index in [2.05, 4.69) is 44.7 Å². The minimum Gasteiger partial charge on any atom is -0.380 e. The Balaban J connectivity index is 1.47. The summed E-state index contributed by atoms with van der Waals surface area (Å²) in [5.41, 5.74) is 6.97. The Kier molecular flexibility index (Phi) is 45.9. The smallest absolute Gasteiger partial charge is 0.108 e. The molecule has 2 heterocycles. The zero-order valence-corrected chi connectivity index (χ0v) is 42.4. The molecule has 23 nitrogen and oxygen atoms in total. The zero-order valence-electron chi connectivity index (χ0n) is 42.4. The number of unbranched alkanes of at least 4 members (excludes halogenated alkanes) is 2. The van der Waals surface area contributed by atoms with E-state index in [1.165, 1.54) is 19.3 Å². The van der Waals surface area contributed by atoms with Crippen molar-refractivity contribution >= 4 is 0 Å². The van der Waals surface area contributed by atoms with Crippen molar-refractivity contribution in [1.82, 2.24) is 40.2 Å². The van der Waals surface area contributed by atoms with Crippen molar-refractivity contribution in [2.45, 2.75) is 65.8 Å². The molecule has 0 aliphatic rings. The lowest BCUT2D eigenvalue weighted by molar-refractivity contribution is -0.0153. The molecule has 0 saturated carbocycles. The highest BCUT2D eigenvalue weighted by atomic mass is 16.6. The predicted molar refractivity (Wildman–Crippen MR) is 257 cm³/mol. The Labute approximate surface area is 412 Å². The van der Waals surface area contributed by atoms with Crippen LogP contribution in [0.4, 0.5) is 0 Å².